The fourth-order valence-corrected chi connectivity index (χ4v) is 2.18. The van der Waals surface area contributed by atoms with Crippen molar-refractivity contribution in [1.29, 1.82) is 5.26 Å². The van der Waals surface area contributed by atoms with E-state index in [1.807, 2.05) is 25.1 Å². The molecule has 0 heterocycles. The second-order valence-electron chi connectivity index (χ2n) is 5.60. The molecule has 0 aliphatic heterocycles. The molecule has 0 aromatic heterocycles. The van der Waals surface area contributed by atoms with Gasteiger partial charge in [0.15, 0.2) is 6.10 Å². The third-order valence-corrected chi connectivity index (χ3v) is 3.52. The zero-order valence-corrected chi connectivity index (χ0v) is 15.1. The van der Waals surface area contributed by atoms with Crippen LogP contribution in [0.15, 0.2) is 54.6 Å². The van der Waals surface area contributed by atoms with Gasteiger partial charge in [0.2, 0.25) is 0 Å². The first-order valence-corrected chi connectivity index (χ1v) is 8.44. The lowest BCUT2D eigenvalue weighted by Gasteiger charge is -2.12. The second-order valence-corrected chi connectivity index (χ2v) is 5.60. The number of nitrogens with zero attached hydrogens (tertiary/aromatic N) is 1. The SMILES string of the molecule is CCOc1ccc(/C=C/C(=O)O[C@@H](C)C(=O)Nc2cccc(C#N)c2)cc1. The number of hydrogen-bond acceptors (Lipinski definition) is 5. The number of nitrogens with one attached hydrogen (secondary N) is 1. The highest BCUT2D eigenvalue weighted by Crippen LogP contribution is 2.13. The molecule has 6 nitrogen and oxygen atoms in total. The predicted molar refractivity (Wildman–Crippen MR) is 102 cm³/mol. The normalized spacial score (nSPS) is 11.4. The Hall–Kier alpha value is -3.59. The topological polar surface area (TPSA) is 88.4 Å². The minimum absolute atomic E-state index is 0.427. The van der Waals surface area contributed by atoms with Crippen molar-refractivity contribution in [3.05, 3.63) is 65.7 Å². The number of hydrogen-bond donors (Lipinski definition) is 1. The van der Waals surface area contributed by atoms with E-state index in [-0.39, 0.29) is 0 Å². The van der Waals surface area contributed by atoms with Crippen LogP contribution in [-0.2, 0) is 14.3 Å². The molecule has 2 rings (SSSR count). The van der Waals surface area contributed by atoms with Crippen molar-refractivity contribution in [2.75, 3.05) is 11.9 Å². The van der Waals surface area contributed by atoms with Gasteiger partial charge in [-0.1, -0.05) is 18.2 Å². The highest BCUT2D eigenvalue weighted by Gasteiger charge is 2.16. The smallest absolute Gasteiger partial charge is 0.331 e. The fraction of sp³-hybridized carbons (Fsp3) is 0.190. The van der Waals surface area contributed by atoms with Crippen LogP contribution in [0.4, 0.5) is 5.69 Å². The summed E-state index contributed by atoms with van der Waals surface area (Å²) in [4.78, 5) is 24.0. The van der Waals surface area contributed by atoms with Crippen LogP contribution in [0, 0.1) is 11.3 Å². The van der Waals surface area contributed by atoms with Crippen molar-refractivity contribution >= 4 is 23.6 Å². The zero-order chi connectivity index (χ0) is 19.6. The van der Waals surface area contributed by atoms with E-state index in [2.05, 4.69) is 5.32 Å². The first kappa shape index (κ1) is 19.7. The van der Waals surface area contributed by atoms with E-state index >= 15 is 0 Å². The Kier molecular flexibility index (Phi) is 7.15. The van der Waals surface area contributed by atoms with Gasteiger partial charge in [0.25, 0.3) is 5.91 Å². The average molecular weight is 364 g/mol. The fourth-order valence-electron chi connectivity index (χ4n) is 2.18. The Morgan fingerprint density at radius 1 is 1.22 bits per heavy atom. The van der Waals surface area contributed by atoms with Crippen molar-refractivity contribution in [3.8, 4) is 11.8 Å². The molecular weight excluding hydrogens is 344 g/mol. The molecule has 1 amide bonds. The highest BCUT2D eigenvalue weighted by molar-refractivity contribution is 5.96. The molecule has 6 heteroatoms. The van der Waals surface area contributed by atoms with Crippen LogP contribution in [0.2, 0.25) is 0 Å². The third-order valence-electron chi connectivity index (χ3n) is 3.52. The summed E-state index contributed by atoms with van der Waals surface area (Å²) < 4.78 is 10.4. The summed E-state index contributed by atoms with van der Waals surface area (Å²) in [6, 6.07) is 15.7. The molecule has 2 aromatic carbocycles. The van der Waals surface area contributed by atoms with Crippen LogP contribution in [0.5, 0.6) is 5.75 Å². The van der Waals surface area contributed by atoms with Crippen molar-refractivity contribution in [2.45, 2.75) is 20.0 Å². The molecule has 1 atom stereocenters. The summed E-state index contributed by atoms with van der Waals surface area (Å²) in [5.41, 5.74) is 1.70. The molecule has 0 bridgehead atoms. The molecule has 138 valence electrons. The van der Waals surface area contributed by atoms with E-state index in [0.717, 1.165) is 11.3 Å². The van der Waals surface area contributed by atoms with Gasteiger partial charge in [-0.15, -0.1) is 0 Å². The van der Waals surface area contributed by atoms with Gasteiger partial charge in [0.1, 0.15) is 5.75 Å². The van der Waals surface area contributed by atoms with Crippen LogP contribution in [0.25, 0.3) is 6.08 Å². The Balaban J connectivity index is 1.88. The van der Waals surface area contributed by atoms with Gasteiger partial charge in [0.05, 0.1) is 18.2 Å². The van der Waals surface area contributed by atoms with E-state index in [4.69, 9.17) is 14.7 Å². The van der Waals surface area contributed by atoms with E-state index in [0.29, 0.717) is 17.9 Å². The van der Waals surface area contributed by atoms with E-state index in [1.54, 1.807) is 36.4 Å². The van der Waals surface area contributed by atoms with Crippen LogP contribution in [-0.4, -0.2) is 24.6 Å². The average Bonchev–Trinajstić information content (AvgIpc) is 2.67. The van der Waals surface area contributed by atoms with E-state index in [9.17, 15) is 9.59 Å². The van der Waals surface area contributed by atoms with Gasteiger partial charge < -0.3 is 14.8 Å². The highest BCUT2D eigenvalue weighted by atomic mass is 16.5. The Morgan fingerprint density at radius 3 is 2.63 bits per heavy atom. The molecule has 0 saturated heterocycles. The summed E-state index contributed by atoms with van der Waals surface area (Å²) >= 11 is 0. The summed E-state index contributed by atoms with van der Waals surface area (Å²) in [5.74, 6) is -0.354. The number of ether oxygens (including phenoxy) is 2. The maximum atomic E-state index is 12.1. The summed E-state index contributed by atoms with van der Waals surface area (Å²) in [6.07, 6.45) is 1.88. The summed E-state index contributed by atoms with van der Waals surface area (Å²) in [7, 11) is 0. The standard InChI is InChI=1S/C21H20N2O4/c1-3-26-19-10-7-16(8-11-19)9-12-20(24)27-15(2)21(25)23-18-6-4-5-17(13-18)14-22/h4-13,15H,3H2,1-2H3,(H,23,25)/b12-9+/t15-/m0/s1. The van der Waals surface area contributed by atoms with Crippen LogP contribution in [0.1, 0.15) is 25.0 Å². The molecule has 2 aromatic rings. The number of esters is 1. The van der Waals surface area contributed by atoms with Gasteiger partial charge in [-0.05, 0) is 55.8 Å². The number of rotatable bonds is 7. The van der Waals surface area contributed by atoms with Crippen LogP contribution >= 0.6 is 0 Å². The Morgan fingerprint density at radius 2 is 1.96 bits per heavy atom. The van der Waals surface area contributed by atoms with Gasteiger partial charge >= 0.3 is 5.97 Å². The minimum Gasteiger partial charge on any atom is -0.494 e. The Bertz CT molecular complexity index is 866. The van der Waals surface area contributed by atoms with Crippen LogP contribution in [0.3, 0.4) is 0 Å². The van der Waals surface area contributed by atoms with E-state index < -0.39 is 18.0 Å². The first-order valence-electron chi connectivity index (χ1n) is 8.44. The summed E-state index contributed by atoms with van der Waals surface area (Å²) in [5, 5.41) is 11.5. The minimum atomic E-state index is -0.978. The first-order chi connectivity index (χ1) is 13.0. The van der Waals surface area contributed by atoms with E-state index in [1.165, 1.54) is 19.1 Å². The van der Waals surface area contributed by atoms with Gasteiger partial charge in [-0.2, -0.15) is 5.26 Å². The molecule has 0 saturated carbocycles. The van der Waals surface area contributed by atoms with Crippen molar-refractivity contribution < 1.29 is 19.1 Å². The van der Waals surface area contributed by atoms with Crippen molar-refractivity contribution in [1.82, 2.24) is 0 Å². The zero-order valence-electron chi connectivity index (χ0n) is 15.1. The monoisotopic (exact) mass is 364 g/mol. The van der Waals surface area contributed by atoms with Gasteiger partial charge in [-0.3, -0.25) is 4.79 Å². The number of carbonyl (C=O) groups excluding carboxylic acids is 2. The summed E-state index contributed by atoms with van der Waals surface area (Å²) in [6.45, 7) is 3.97. The molecule has 27 heavy (non-hydrogen) atoms. The van der Waals surface area contributed by atoms with Crippen molar-refractivity contribution in [3.63, 3.8) is 0 Å². The lowest BCUT2D eigenvalue weighted by molar-refractivity contribution is -0.148. The number of benzene rings is 2. The second kappa shape index (κ2) is 9.78. The molecule has 1 N–H and O–H groups in total. The molecule has 0 spiro atoms. The maximum Gasteiger partial charge on any atom is 0.331 e. The van der Waals surface area contributed by atoms with Gasteiger partial charge in [-0.25, -0.2) is 4.79 Å². The predicted octanol–water partition coefficient (Wildman–Crippen LogP) is 3.54. The Labute approximate surface area is 158 Å². The molecule has 0 unspecified atom stereocenters. The number of carbonyl (C=O) groups is 2. The number of nitriles is 1. The largest absolute Gasteiger partial charge is 0.494 e. The van der Waals surface area contributed by atoms with Crippen molar-refractivity contribution in [2.24, 2.45) is 0 Å². The molecule has 0 radical (unpaired) electrons. The van der Waals surface area contributed by atoms with Crippen LogP contribution < -0.4 is 10.1 Å². The number of anilines is 1. The third kappa shape index (κ3) is 6.33. The molecular formula is C21H20N2O4. The molecule has 0 fully saturated rings. The maximum absolute atomic E-state index is 12.1. The molecule has 0 aliphatic carbocycles. The molecule has 0 aliphatic rings. The quantitative estimate of drug-likeness (QED) is 0.600. The number of amides is 1. The van der Waals surface area contributed by atoms with Gasteiger partial charge in [0, 0.05) is 11.8 Å². The lowest BCUT2D eigenvalue weighted by atomic mass is 10.2. The lowest BCUT2D eigenvalue weighted by Crippen LogP contribution is -2.29.